The normalized spacial score (nSPS) is 22.6. The lowest BCUT2D eigenvalue weighted by molar-refractivity contribution is 0.355. The predicted octanol–water partition coefficient (Wildman–Crippen LogP) is 2.57. The minimum Gasteiger partial charge on any atom is -0.480 e. The molecule has 1 saturated carbocycles. The van der Waals surface area contributed by atoms with Gasteiger partial charge in [0.15, 0.2) is 0 Å². The molecule has 0 bridgehead atoms. The van der Waals surface area contributed by atoms with Gasteiger partial charge in [0.1, 0.15) is 5.69 Å². The molecule has 1 aliphatic carbocycles. The highest BCUT2D eigenvalue weighted by Crippen LogP contribution is 2.58. The van der Waals surface area contributed by atoms with E-state index >= 15 is 0 Å². The smallest absolute Gasteiger partial charge is 0.237 e. The van der Waals surface area contributed by atoms with E-state index in [2.05, 4.69) is 36.1 Å². The molecule has 2 rings (SSSR count). The summed E-state index contributed by atoms with van der Waals surface area (Å²) in [6.45, 7) is 7.79. The number of ether oxygens (including phenoxy) is 1. The topological polar surface area (TPSA) is 47.0 Å². The summed E-state index contributed by atoms with van der Waals surface area (Å²) < 4.78 is 5.34. The largest absolute Gasteiger partial charge is 0.480 e. The highest BCUT2D eigenvalue weighted by atomic mass is 16.5. The number of hydrogen-bond acceptors (Lipinski definition) is 4. The molecule has 18 heavy (non-hydrogen) atoms. The number of aromatic nitrogens is 2. The first-order valence-electron chi connectivity index (χ1n) is 6.68. The van der Waals surface area contributed by atoms with Gasteiger partial charge in [-0.1, -0.05) is 20.8 Å². The number of methoxy groups -OCH3 is 1. The summed E-state index contributed by atoms with van der Waals surface area (Å²) in [6.07, 6.45) is 5.77. The standard InChI is InChI=1S/C14H23N3O/c1-5-6-15-11(10-9-14(10,2)3)12-13(18-4)17-8-7-16-12/h7-8,10-11,15H,5-6,9H2,1-4H3. The zero-order valence-electron chi connectivity index (χ0n) is 11.7. The van der Waals surface area contributed by atoms with Crippen LogP contribution < -0.4 is 10.1 Å². The highest BCUT2D eigenvalue weighted by molar-refractivity contribution is 5.25. The van der Waals surface area contributed by atoms with Gasteiger partial charge in [0.05, 0.1) is 13.2 Å². The SMILES string of the molecule is CCCNC(c1nccnc1OC)C1CC1(C)C. The maximum absolute atomic E-state index is 5.34. The van der Waals surface area contributed by atoms with Crippen LogP contribution in [-0.4, -0.2) is 23.6 Å². The van der Waals surface area contributed by atoms with Crippen molar-refractivity contribution in [2.75, 3.05) is 13.7 Å². The summed E-state index contributed by atoms with van der Waals surface area (Å²) in [5, 5.41) is 3.60. The monoisotopic (exact) mass is 249 g/mol. The lowest BCUT2D eigenvalue weighted by Gasteiger charge is -2.20. The molecule has 0 amide bonds. The average Bonchev–Trinajstić information content (AvgIpc) is 2.99. The number of nitrogens with one attached hydrogen (secondary N) is 1. The number of nitrogens with zero attached hydrogens (tertiary/aromatic N) is 2. The molecule has 1 aromatic heterocycles. The van der Waals surface area contributed by atoms with E-state index in [-0.39, 0.29) is 6.04 Å². The molecule has 1 N–H and O–H groups in total. The second-order valence-corrected chi connectivity index (χ2v) is 5.68. The van der Waals surface area contributed by atoms with Gasteiger partial charge in [-0.15, -0.1) is 0 Å². The summed E-state index contributed by atoms with van der Waals surface area (Å²) >= 11 is 0. The fourth-order valence-electron chi connectivity index (χ4n) is 2.51. The Morgan fingerprint density at radius 2 is 2.11 bits per heavy atom. The van der Waals surface area contributed by atoms with Gasteiger partial charge in [0, 0.05) is 12.4 Å². The Balaban J connectivity index is 2.23. The molecule has 1 aromatic rings. The Morgan fingerprint density at radius 1 is 1.44 bits per heavy atom. The lowest BCUT2D eigenvalue weighted by Crippen LogP contribution is -2.27. The molecule has 1 aliphatic rings. The van der Waals surface area contributed by atoms with Crippen LogP contribution >= 0.6 is 0 Å². The van der Waals surface area contributed by atoms with Crippen LogP contribution in [0.5, 0.6) is 5.88 Å². The van der Waals surface area contributed by atoms with E-state index in [0.717, 1.165) is 18.7 Å². The third kappa shape index (κ3) is 2.64. The molecule has 0 aromatic carbocycles. The molecule has 0 spiro atoms. The van der Waals surface area contributed by atoms with Crippen molar-refractivity contribution >= 4 is 0 Å². The van der Waals surface area contributed by atoms with Crippen molar-refractivity contribution in [2.24, 2.45) is 11.3 Å². The zero-order chi connectivity index (χ0) is 13.2. The Bertz CT molecular complexity index is 406. The van der Waals surface area contributed by atoms with Crippen LogP contribution in [0.25, 0.3) is 0 Å². The molecular formula is C14H23N3O. The lowest BCUT2D eigenvalue weighted by atomic mass is 10.0. The summed E-state index contributed by atoms with van der Waals surface area (Å²) in [5.74, 6) is 1.27. The van der Waals surface area contributed by atoms with Crippen LogP contribution in [0.1, 0.15) is 45.3 Å². The molecule has 4 heteroatoms. The van der Waals surface area contributed by atoms with Crippen molar-refractivity contribution in [3.8, 4) is 5.88 Å². The quantitative estimate of drug-likeness (QED) is 0.841. The molecule has 1 heterocycles. The van der Waals surface area contributed by atoms with Crippen molar-refractivity contribution < 1.29 is 4.74 Å². The van der Waals surface area contributed by atoms with E-state index in [4.69, 9.17) is 4.74 Å². The molecular weight excluding hydrogens is 226 g/mol. The van der Waals surface area contributed by atoms with Gasteiger partial charge < -0.3 is 10.1 Å². The predicted molar refractivity (Wildman–Crippen MR) is 71.5 cm³/mol. The third-order valence-electron chi connectivity index (χ3n) is 3.79. The average molecular weight is 249 g/mol. The van der Waals surface area contributed by atoms with Crippen LogP contribution in [-0.2, 0) is 0 Å². The van der Waals surface area contributed by atoms with Crippen molar-refractivity contribution in [3.63, 3.8) is 0 Å². The first kappa shape index (κ1) is 13.3. The van der Waals surface area contributed by atoms with Crippen molar-refractivity contribution in [1.82, 2.24) is 15.3 Å². The summed E-state index contributed by atoms with van der Waals surface area (Å²) in [7, 11) is 1.66. The van der Waals surface area contributed by atoms with Crippen molar-refractivity contribution in [1.29, 1.82) is 0 Å². The van der Waals surface area contributed by atoms with Gasteiger partial charge in [-0.3, -0.25) is 4.98 Å². The highest BCUT2D eigenvalue weighted by Gasteiger charge is 2.51. The Morgan fingerprint density at radius 3 is 2.67 bits per heavy atom. The van der Waals surface area contributed by atoms with Gasteiger partial charge in [-0.2, -0.15) is 0 Å². The van der Waals surface area contributed by atoms with Crippen molar-refractivity contribution in [3.05, 3.63) is 18.1 Å². The van der Waals surface area contributed by atoms with Gasteiger partial charge in [0.2, 0.25) is 5.88 Å². The van der Waals surface area contributed by atoms with Crippen LogP contribution in [0, 0.1) is 11.3 Å². The van der Waals surface area contributed by atoms with Gasteiger partial charge >= 0.3 is 0 Å². The maximum Gasteiger partial charge on any atom is 0.237 e. The summed E-state index contributed by atoms with van der Waals surface area (Å²) in [5.41, 5.74) is 1.34. The molecule has 4 nitrogen and oxygen atoms in total. The third-order valence-corrected chi connectivity index (χ3v) is 3.79. The second-order valence-electron chi connectivity index (χ2n) is 5.68. The minimum atomic E-state index is 0.253. The van der Waals surface area contributed by atoms with Crippen LogP contribution in [0.4, 0.5) is 0 Å². The zero-order valence-corrected chi connectivity index (χ0v) is 11.7. The van der Waals surface area contributed by atoms with E-state index in [9.17, 15) is 0 Å². The summed E-state index contributed by atoms with van der Waals surface area (Å²) in [4.78, 5) is 8.74. The number of hydrogen-bond donors (Lipinski definition) is 1. The molecule has 100 valence electrons. The summed E-state index contributed by atoms with van der Waals surface area (Å²) in [6, 6.07) is 0.253. The van der Waals surface area contributed by atoms with E-state index in [0.29, 0.717) is 17.2 Å². The van der Waals surface area contributed by atoms with E-state index in [1.54, 1.807) is 19.5 Å². The van der Waals surface area contributed by atoms with E-state index in [1.807, 2.05) is 0 Å². The molecule has 2 unspecified atom stereocenters. The second kappa shape index (κ2) is 5.22. The van der Waals surface area contributed by atoms with Crippen LogP contribution in [0.2, 0.25) is 0 Å². The maximum atomic E-state index is 5.34. The minimum absolute atomic E-state index is 0.253. The number of rotatable bonds is 6. The van der Waals surface area contributed by atoms with E-state index in [1.165, 1.54) is 6.42 Å². The van der Waals surface area contributed by atoms with Crippen molar-refractivity contribution in [2.45, 2.75) is 39.7 Å². The fourth-order valence-corrected chi connectivity index (χ4v) is 2.51. The molecule has 0 saturated heterocycles. The molecule has 2 atom stereocenters. The van der Waals surface area contributed by atoms with Gasteiger partial charge in [0.25, 0.3) is 0 Å². The molecule has 0 aliphatic heterocycles. The van der Waals surface area contributed by atoms with Crippen LogP contribution in [0.3, 0.4) is 0 Å². The Labute approximate surface area is 109 Å². The molecule has 1 fully saturated rings. The van der Waals surface area contributed by atoms with E-state index < -0.39 is 0 Å². The first-order valence-corrected chi connectivity index (χ1v) is 6.68. The van der Waals surface area contributed by atoms with Gasteiger partial charge in [-0.05, 0) is 30.7 Å². The fraction of sp³-hybridized carbons (Fsp3) is 0.714. The Kier molecular flexibility index (Phi) is 3.85. The molecule has 0 radical (unpaired) electrons. The Hall–Kier alpha value is -1.16. The van der Waals surface area contributed by atoms with Gasteiger partial charge in [-0.25, -0.2) is 4.98 Å². The first-order chi connectivity index (χ1) is 8.60. The van der Waals surface area contributed by atoms with Crippen LogP contribution in [0.15, 0.2) is 12.4 Å².